The van der Waals surface area contributed by atoms with E-state index in [1.807, 2.05) is 0 Å². The maximum Gasteiger partial charge on any atom is 1.00 e. The summed E-state index contributed by atoms with van der Waals surface area (Å²) < 4.78 is 30.7. The van der Waals surface area contributed by atoms with Crippen LogP contribution in [-0.2, 0) is 15.1 Å². The summed E-state index contributed by atoms with van der Waals surface area (Å²) in [7, 11) is -4.51. The van der Waals surface area contributed by atoms with Crippen molar-refractivity contribution in [3.05, 3.63) is 0 Å². The molecule has 0 bridgehead atoms. The van der Waals surface area contributed by atoms with E-state index in [9.17, 15) is 17.8 Å². The van der Waals surface area contributed by atoms with Crippen LogP contribution in [0.4, 0.5) is 0 Å². The summed E-state index contributed by atoms with van der Waals surface area (Å²) in [6.45, 7) is 1.61. The average molecular weight is 187 g/mol. The van der Waals surface area contributed by atoms with Crippen LogP contribution in [0.25, 0.3) is 0 Å². The van der Waals surface area contributed by atoms with Gasteiger partial charge >= 0.3 is 29.6 Å². The SMILES string of the molecule is CC1CN(S(=O)(=O)[O-])C1=O.[Na+]. The Balaban J connectivity index is 0.000001000. The Bertz CT molecular complexity index is 261. The van der Waals surface area contributed by atoms with Crippen molar-refractivity contribution < 1.29 is 47.3 Å². The largest absolute Gasteiger partial charge is 1.00 e. The predicted octanol–water partition coefficient (Wildman–Crippen LogP) is -4.07. The number of rotatable bonds is 1. The van der Waals surface area contributed by atoms with Crippen molar-refractivity contribution in [2.45, 2.75) is 6.92 Å². The Hall–Kier alpha value is 0.380. The second-order valence-electron chi connectivity index (χ2n) is 2.23. The minimum atomic E-state index is -4.51. The first-order chi connectivity index (χ1) is 4.43. The molecule has 1 unspecified atom stereocenters. The van der Waals surface area contributed by atoms with Gasteiger partial charge in [0, 0.05) is 6.54 Å². The van der Waals surface area contributed by atoms with Gasteiger partial charge in [-0.2, -0.15) is 0 Å². The molecule has 1 aliphatic heterocycles. The van der Waals surface area contributed by atoms with Crippen LogP contribution in [0.3, 0.4) is 0 Å². The van der Waals surface area contributed by atoms with Gasteiger partial charge in [-0.25, -0.2) is 12.7 Å². The van der Waals surface area contributed by atoms with Crippen molar-refractivity contribution >= 4 is 16.2 Å². The molecule has 0 aromatic heterocycles. The van der Waals surface area contributed by atoms with Crippen molar-refractivity contribution in [3.8, 4) is 0 Å². The molecule has 58 valence electrons. The molecule has 5 nitrogen and oxygen atoms in total. The van der Waals surface area contributed by atoms with E-state index in [0.29, 0.717) is 4.31 Å². The Morgan fingerprint density at radius 2 is 2.09 bits per heavy atom. The van der Waals surface area contributed by atoms with Gasteiger partial charge in [0.25, 0.3) is 0 Å². The number of carbonyl (C=O) groups excluding carboxylic acids is 1. The van der Waals surface area contributed by atoms with Crippen LogP contribution in [0.2, 0.25) is 0 Å². The summed E-state index contributed by atoms with van der Waals surface area (Å²) >= 11 is 0. The summed E-state index contributed by atoms with van der Waals surface area (Å²) in [6, 6.07) is 0. The minimum Gasteiger partial charge on any atom is -0.731 e. The fourth-order valence-electron chi connectivity index (χ4n) is 0.752. The zero-order valence-electron chi connectivity index (χ0n) is 6.27. The second kappa shape index (κ2) is 3.40. The summed E-state index contributed by atoms with van der Waals surface area (Å²) in [5.41, 5.74) is 0. The molecule has 0 aromatic carbocycles. The molecule has 1 fully saturated rings. The zero-order chi connectivity index (χ0) is 7.94. The third-order valence-electron chi connectivity index (χ3n) is 1.38. The van der Waals surface area contributed by atoms with E-state index in [4.69, 9.17) is 0 Å². The monoisotopic (exact) mass is 187 g/mol. The smallest absolute Gasteiger partial charge is 0.731 e. The number of β-lactam (4-membered cyclic amide) rings is 1. The Kier molecular flexibility index (Phi) is 3.52. The van der Waals surface area contributed by atoms with E-state index >= 15 is 0 Å². The molecule has 1 saturated heterocycles. The van der Waals surface area contributed by atoms with E-state index < -0.39 is 16.2 Å². The molecule has 0 radical (unpaired) electrons. The molecule has 1 amide bonds. The van der Waals surface area contributed by atoms with Crippen LogP contribution < -0.4 is 29.6 Å². The van der Waals surface area contributed by atoms with Crippen LogP contribution in [0.1, 0.15) is 6.92 Å². The van der Waals surface area contributed by atoms with Crippen molar-refractivity contribution in [1.82, 2.24) is 4.31 Å². The molecule has 0 saturated carbocycles. The van der Waals surface area contributed by atoms with Gasteiger partial charge in [0.05, 0.1) is 5.92 Å². The zero-order valence-corrected chi connectivity index (χ0v) is 9.09. The van der Waals surface area contributed by atoms with Crippen LogP contribution in [-0.4, -0.2) is 29.7 Å². The minimum absolute atomic E-state index is 0. The van der Waals surface area contributed by atoms with Gasteiger partial charge in [-0.15, -0.1) is 0 Å². The first-order valence-electron chi connectivity index (χ1n) is 2.70. The van der Waals surface area contributed by atoms with Gasteiger partial charge in [-0.3, -0.25) is 4.79 Å². The molecular formula is C4H6NNaO4S. The van der Waals surface area contributed by atoms with E-state index in [-0.39, 0.29) is 42.0 Å². The Labute approximate surface area is 86.9 Å². The fraction of sp³-hybridized carbons (Fsp3) is 0.750. The van der Waals surface area contributed by atoms with Crippen molar-refractivity contribution in [2.75, 3.05) is 6.54 Å². The van der Waals surface area contributed by atoms with Gasteiger partial charge < -0.3 is 4.55 Å². The number of hydrogen-bond donors (Lipinski definition) is 0. The Morgan fingerprint density at radius 3 is 2.18 bits per heavy atom. The number of carbonyl (C=O) groups is 1. The predicted molar refractivity (Wildman–Crippen MR) is 30.6 cm³/mol. The molecule has 1 atom stereocenters. The molecule has 1 heterocycles. The summed E-state index contributed by atoms with van der Waals surface area (Å²) in [4.78, 5) is 10.6. The first kappa shape index (κ1) is 11.4. The second-order valence-corrected chi connectivity index (χ2v) is 3.52. The van der Waals surface area contributed by atoms with Gasteiger partial charge in [0.1, 0.15) is 0 Å². The van der Waals surface area contributed by atoms with Crippen LogP contribution in [0.5, 0.6) is 0 Å². The van der Waals surface area contributed by atoms with Gasteiger partial charge in [0.2, 0.25) is 5.91 Å². The maximum absolute atomic E-state index is 10.6. The summed E-state index contributed by atoms with van der Waals surface area (Å²) in [6.07, 6.45) is 0. The van der Waals surface area contributed by atoms with E-state index in [0.717, 1.165) is 0 Å². The van der Waals surface area contributed by atoms with Crippen molar-refractivity contribution in [2.24, 2.45) is 5.92 Å². The maximum atomic E-state index is 10.6. The van der Waals surface area contributed by atoms with Gasteiger partial charge in [-0.05, 0) is 0 Å². The molecule has 11 heavy (non-hydrogen) atoms. The van der Waals surface area contributed by atoms with Crippen LogP contribution >= 0.6 is 0 Å². The van der Waals surface area contributed by atoms with Gasteiger partial charge in [0.15, 0.2) is 10.3 Å². The molecule has 0 spiro atoms. The molecule has 0 aliphatic carbocycles. The fourth-order valence-corrected chi connectivity index (χ4v) is 1.56. The number of amides is 1. The topological polar surface area (TPSA) is 77.5 Å². The third-order valence-corrected chi connectivity index (χ3v) is 2.25. The van der Waals surface area contributed by atoms with Crippen LogP contribution in [0.15, 0.2) is 0 Å². The molecule has 7 heteroatoms. The third kappa shape index (κ3) is 2.16. The van der Waals surface area contributed by atoms with E-state index in [1.165, 1.54) is 0 Å². The van der Waals surface area contributed by atoms with E-state index in [1.54, 1.807) is 6.92 Å². The molecule has 1 aliphatic rings. The first-order valence-corrected chi connectivity index (χ1v) is 4.07. The van der Waals surface area contributed by atoms with Crippen LogP contribution in [0, 0.1) is 5.92 Å². The quantitative estimate of drug-likeness (QED) is 0.238. The number of nitrogens with zero attached hydrogens (tertiary/aromatic N) is 1. The average Bonchev–Trinajstić information content (AvgIpc) is 1.79. The molecule has 1 rings (SSSR count). The van der Waals surface area contributed by atoms with E-state index in [2.05, 4.69) is 0 Å². The van der Waals surface area contributed by atoms with Gasteiger partial charge in [-0.1, -0.05) is 6.92 Å². The summed E-state index contributed by atoms with van der Waals surface area (Å²) in [5, 5.41) is 0. The summed E-state index contributed by atoms with van der Waals surface area (Å²) in [5.74, 6) is -0.918. The number of hydrogen-bond acceptors (Lipinski definition) is 4. The van der Waals surface area contributed by atoms with Crippen molar-refractivity contribution in [3.63, 3.8) is 0 Å². The molecule has 0 N–H and O–H groups in total. The molecular weight excluding hydrogens is 181 g/mol. The Morgan fingerprint density at radius 1 is 1.64 bits per heavy atom. The van der Waals surface area contributed by atoms with Crippen molar-refractivity contribution in [1.29, 1.82) is 0 Å². The standard InChI is InChI=1S/C4H7NO4S.Na/c1-3-2-5(4(3)6)10(7,8)9;/h3H,2H2,1H3,(H,7,8,9);/q;+1/p-1. The molecule has 0 aromatic rings. The normalized spacial score (nSPS) is 24.0.